The summed E-state index contributed by atoms with van der Waals surface area (Å²) in [5, 5.41) is 9.25. The van der Waals surface area contributed by atoms with Crippen LogP contribution in [0.1, 0.15) is 5.56 Å². The highest BCUT2D eigenvalue weighted by atomic mass is 16.3. The first-order chi connectivity index (χ1) is 10.1. The summed E-state index contributed by atoms with van der Waals surface area (Å²) in [6.07, 6.45) is 2.38. The molecular weight excluding hydrogens is 266 g/mol. The zero-order chi connectivity index (χ0) is 15.2. The molecule has 1 fully saturated rings. The molecule has 1 saturated heterocycles. The quantitative estimate of drug-likeness (QED) is 0.779. The molecule has 5 heteroatoms. The van der Waals surface area contributed by atoms with Crippen LogP contribution in [0.2, 0.25) is 0 Å². The molecule has 0 radical (unpaired) electrons. The minimum atomic E-state index is -0.527. The van der Waals surface area contributed by atoms with Crippen LogP contribution in [0, 0.1) is 0 Å². The summed E-state index contributed by atoms with van der Waals surface area (Å²) in [6.45, 7) is 7.76. The molecule has 0 aliphatic carbocycles. The third-order valence-electron chi connectivity index (χ3n) is 3.78. The molecule has 0 aromatic heterocycles. The lowest BCUT2D eigenvalue weighted by molar-refractivity contribution is -0.134. The van der Waals surface area contributed by atoms with Crippen LogP contribution in [0.15, 0.2) is 36.9 Å². The summed E-state index contributed by atoms with van der Waals surface area (Å²) >= 11 is 0. The lowest BCUT2D eigenvalue weighted by atomic mass is 10.0. The number of carbonyl (C=O) groups is 1. The number of nitrogens with zero attached hydrogens (tertiary/aromatic N) is 2. The molecule has 0 saturated carbocycles. The van der Waals surface area contributed by atoms with Gasteiger partial charge in [-0.25, -0.2) is 0 Å². The number of phenolic OH excluding ortho intramolecular Hbond substituents is 1. The Hall–Kier alpha value is -1.85. The van der Waals surface area contributed by atoms with E-state index in [4.69, 9.17) is 5.73 Å². The topological polar surface area (TPSA) is 69.8 Å². The van der Waals surface area contributed by atoms with Gasteiger partial charge in [-0.05, 0) is 24.1 Å². The molecule has 1 aliphatic rings. The summed E-state index contributed by atoms with van der Waals surface area (Å²) in [6, 6.07) is 6.29. The van der Waals surface area contributed by atoms with E-state index in [-0.39, 0.29) is 11.7 Å². The Morgan fingerprint density at radius 3 is 2.48 bits per heavy atom. The maximum Gasteiger partial charge on any atom is 0.239 e. The van der Waals surface area contributed by atoms with E-state index in [1.807, 2.05) is 11.0 Å². The number of amides is 1. The van der Waals surface area contributed by atoms with Crippen molar-refractivity contribution in [2.45, 2.75) is 12.5 Å². The normalized spacial score (nSPS) is 17.5. The van der Waals surface area contributed by atoms with E-state index in [2.05, 4.69) is 11.5 Å². The van der Waals surface area contributed by atoms with Gasteiger partial charge in [0.2, 0.25) is 5.91 Å². The zero-order valence-corrected chi connectivity index (χ0v) is 12.2. The summed E-state index contributed by atoms with van der Waals surface area (Å²) < 4.78 is 0. The number of phenols is 1. The molecular formula is C16H23N3O2. The Bertz CT molecular complexity index is 479. The number of hydrogen-bond donors (Lipinski definition) is 2. The van der Waals surface area contributed by atoms with E-state index in [1.165, 1.54) is 0 Å². The van der Waals surface area contributed by atoms with Crippen molar-refractivity contribution in [3.05, 3.63) is 42.5 Å². The minimum Gasteiger partial charge on any atom is -0.508 e. The number of hydrogen-bond acceptors (Lipinski definition) is 4. The third kappa shape index (κ3) is 4.31. The fraction of sp³-hybridized carbons (Fsp3) is 0.438. The van der Waals surface area contributed by atoms with Crippen LogP contribution in [-0.4, -0.2) is 59.6 Å². The van der Waals surface area contributed by atoms with E-state index < -0.39 is 6.04 Å². The van der Waals surface area contributed by atoms with Crippen LogP contribution >= 0.6 is 0 Å². The predicted octanol–water partition coefficient (Wildman–Crippen LogP) is 0.592. The highest BCUT2D eigenvalue weighted by Crippen LogP contribution is 2.12. The summed E-state index contributed by atoms with van der Waals surface area (Å²) in [4.78, 5) is 16.5. The highest BCUT2D eigenvalue weighted by molar-refractivity contribution is 5.82. The van der Waals surface area contributed by atoms with Crippen molar-refractivity contribution >= 4 is 5.91 Å². The van der Waals surface area contributed by atoms with E-state index >= 15 is 0 Å². The number of carbonyl (C=O) groups excluding carboxylic acids is 1. The summed E-state index contributed by atoms with van der Waals surface area (Å²) in [5.74, 6) is 0.221. The second-order valence-corrected chi connectivity index (χ2v) is 5.39. The minimum absolute atomic E-state index is 0.00123. The van der Waals surface area contributed by atoms with Gasteiger partial charge in [0.1, 0.15) is 5.75 Å². The standard InChI is InChI=1S/C16H23N3O2/c1-2-7-18-8-10-19(11-9-18)16(21)15(17)12-13-3-5-14(20)6-4-13/h2-6,15,20H,1,7-12,17H2. The van der Waals surface area contributed by atoms with Gasteiger partial charge in [-0.2, -0.15) is 0 Å². The zero-order valence-electron chi connectivity index (χ0n) is 12.2. The second-order valence-electron chi connectivity index (χ2n) is 5.39. The summed E-state index contributed by atoms with van der Waals surface area (Å²) in [5.41, 5.74) is 6.99. The molecule has 1 heterocycles. The largest absolute Gasteiger partial charge is 0.508 e. The van der Waals surface area contributed by atoms with Crippen LogP contribution in [0.3, 0.4) is 0 Å². The first kappa shape index (κ1) is 15.5. The fourth-order valence-electron chi connectivity index (χ4n) is 2.54. The third-order valence-corrected chi connectivity index (χ3v) is 3.78. The van der Waals surface area contributed by atoms with Crippen molar-refractivity contribution in [2.24, 2.45) is 5.73 Å². The maximum atomic E-state index is 12.3. The van der Waals surface area contributed by atoms with Gasteiger partial charge in [0, 0.05) is 32.7 Å². The Kier molecular flexibility index (Phi) is 5.36. The van der Waals surface area contributed by atoms with Crippen molar-refractivity contribution < 1.29 is 9.90 Å². The van der Waals surface area contributed by atoms with Crippen LogP contribution in [-0.2, 0) is 11.2 Å². The Balaban J connectivity index is 1.85. The first-order valence-corrected chi connectivity index (χ1v) is 7.25. The Labute approximate surface area is 125 Å². The molecule has 21 heavy (non-hydrogen) atoms. The molecule has 3 N–H and O–H groups in total. The van der Waals surface area contributed by atoms with E-state index in [1.54, 1.807) is 24.3 Å². The molecule has 1 aliphatic heterocycles. The number of piperazine rings is 1. The van der Waals surface area contributed by atoms with Gasteiger partial charge in [-0.1, -0.05) is 18.2 Å². The molecule has 1 amide bonds. The van der Waals surface area contributed by atoms with Gasteiger partial charge in [-0.15, -0.1) is 6.58 Å². The molecule has 1 aromatic rings. The first-order valence-electron chi connectivity index (χ1n) is 7.25. The van der Waals surface area contributed by atoms with Gasteiger partial charge in [0.05, 0.1) is 6.04 Å². The predicted molar refractivity (Wildman–Crippen MR) is 83.0 cm³/mol. The number of aromatic hydroxyl groups is 1. The SMILES string of the molecule is C=CCN1CCN(C(=O)C(N)Cc2ccc(O)cc2)CC1. The number of rotatable bonds is 5. The smallest absolute Gasteiger partial charge is 0.239 e. The molecule has 1 atom stereocenters. The molecule has 1 unspecified atom stereocenters. The fourth-order valence-corrected chi connectivity index (χ4v) is 2.54. The number of benzene rings is 1. The lowest BCUT2D eigenvalue weighted by Gasteiger charge is -2.35. The van der Waals surface area contributed by atoms with Crippen molar-refractivity contribution in [3.8, 4) is 5.75 Å². The van der Waals surface area contributed by atoms with Crippen LogP contribution in [0.4, 0.5) is 0 Å². The molecule has 0 bridgehead atoms. The Morgan fingerprint density at radius 1 is 1.29 bits per heavy atom. The van der Waals surface area contributed by atoms with Gasteiger partial charge in [0.25, 0.3) is 0 Å². The van der Waals surface area contributed by atoms with Gasteiger partial charge >= 0.3 is 0 Å². The van der Waals surface area contributed by atoms with Crippen molar-refractivity contribution in [1.82, 2.24) is 9.80 Å². The van der Waals surface area contributed by atoms with Crippen molar-refractivity contribution in [2.75, 3.05) is 32.7 Å². The van der Waals surface area contributed by atoms with Crippen LogP contribution < -0.4 is 5.73 Å². The molecule has 5 nitrogen and oxygen atoms in total. The van der Waals surface area contributed by atoms with Crippen LogP contribution in [0.25, 0.3) is 0 Å². The van der Waals surface area contributed by atoms with Crippen molar-refractivity contribution in [1.29, 1.82) is 0 Å². The molecule has 0 spiro atoms. The molecule has 1 aromatic carbocycles. The Morgan fingerprint density at radius 2 is 1.90 bits per heavy atom. The molecule has 114 valence electrons. The van der Waals surface area contributed by atoms with Gasteiger partial charge in [-0.3, -0.25) is 9.69 Å². The number of nitrogens with two attached hydrogens (primary N) is 1. The maximum absolute atomic E-state index is 12.3. The average Bonchev–Trinajstić information content (AvgIpc) is 2.50. The summed E-state index contributed by atoms with van der Waals surface area (Å²) in [7, 11) is 0. The van der Waals surface area contributed by atoms with Gasteiger partial charge < -0.3 is 15.7 Å². The average molecular weight is 289 g/mol. The van der Waals surface area contributed by atoms with Crippen molar-refractivity contribution in [3.63, 3.8) is 0 Å². The monoisotopic (exact) mass is 289 g/mol. The highest BCUT2D eigenvalue weighted by Gasteiger charge is 2.24. The second kappa shape index (κ2) is 7.24. The van der Waals surface area contributed by atoms with E-state index in [0.717, 1.165) is 38.3 Å². The van der Waals surface area contributed by atoms with Crippen LogP contribution in [0.5, 0.6) is 5.75 Å². The van der Waals surface area contributed by atoms with E-state index in [9.17, 15) is 9.90 Å². The van der Waals surface area contributed by atoms with E-state index in [0.29, 0.717) is 6.42 Å². The molecule has 2 rings (SSSR count). The van der Waals surface area contributed by atoms with Gasteiger partial charge in [0.15, 0.2) is 0 Å². The lowest BCUT2D eigenvalue weighted by Crippen LogP contribution is -2.53.